The summed E-state index contributed by atoms with van der Waals surface area (Å²) in [5.74, 6) is -1.98. The van der Waals surface area contributed by atoms with Crippen molar-refractivity contribution in [3.8, 4) is 0 Å². The van der Waals surface area contributed by atoms with Gasteiger partial charge in [0.15, 0.2) is 0 Å². The van der Waals surface area contributed by atoms with Crippen LogP contribution in [0.15, 0.2) is 18.2 Å². The van der Waals surface area contributed by atoms with E-state index in [1.54, 1.807) is 0 Å². The topological polar surface area (TPSA) is 66.4 Å². The minimum Gasteiger partial charge on any atom is -0.481 e. The first-order chi connectivity index (χ1) is 9.50. The first-order valence-electron chi connectivity index (χ1n) is 7.10. The van der Waals surface area contributed by atoms with Gasteiger partial charge in [0.2, 0.25) is 5.91 Å². The van der Waals surface area contributed by atoms with Gasteiger partial charge in [-0.2, -0.15) is 0 Å². The summed E-state index contributed by atoms with van der Waals surface area (Å²) in [6, 6.07) is 5.83. The Hall–Kier alpha value is -1.84. The van der Waals surface area contributed by atoms with Gasteiger partial charge in [-0.15, -0.1) is 0 Å². The highest BCUT2D eigenvalue weighted by Gasteiger charge is 2.35. The highest BCUT2D eigenvalue weighted by atomic mass is 16.4. The minimum absolute atomic E-state index is 0.158. The summed E-state index contributed by atoms with van der Waals surface area (Å²) in [6.07, 6.45) is 3.08. The first kappa shape index (κ1) is 14.6. The quantitative estimate of drug-likeness (QED) is 0.890. The summed E-state index contributed by atoms with van der Waals surface area (Å²) in [5, 5.41) is 12.2. The van der Waals surface area contributed by atoms with Crippen LogP contribution < -0.4 is 5.32 Å². The van der Waals surface area contributed by atoms with Crippen molar-refractivity contribution >= 4 is 17.6 Å². The SMILES string of the molecule is Cc1cccc(C)c1NC(=O)[C@@H]1CCCC[C@@H]1C(=O)O. The molecule has 1 saturated carbocycles. The Morgan fingerprint density at radius 2 is 1.65 bits per heavy atom. The molecule has 1 amide bonds. The van der Waals surface area contributed by atoms with E-state index in [1.165, 1.54) is 0 Å². The molecule has 0 heterocycles. The van der Waals surface area contributed by atoms with Crippen molar-refractivity contribution in [3.63, 3.8) is 0 Å². The number of nitrogens with one attached hydrogen (secondary N) is 1. The number of para-hydroxylation sites is 1. The van der Waals surface area contributed by atoms with Gasteiger partial charge in [0.25, 0.3) is 0 Å². The Labute approximate surface area is 119 Å². The molecule has 1 aromatic rings. The largest absolute Gasteiger partial charge is 0.481 e. The van der Waals surface area contributed by atoms with E-state index in [9.17, 15) is 14.7 Å². The van der Waals surface area contributed by atoms with Gasteiger partial charge in [-0.25, -0.2) is 0 Å². The van der Waals surface area contributed by atoms with Crippen LogP contribution in [0, 0.1) is 25.7 Å². The number of carboxylic acids is 1. The van der Waals surface area contributed by atoms with Gasteiger partial charge < -0.3 is 10.4 Å². The second kappa shape index (κ2) is 6.07. The fourth-order valence-electron chi connectivity index (χ4n) is 2.97. The number of rotatable bonds is 3. The number of amides is 1. The van der Waals surface area contributed by atoms with Crippen LogP contribution in [0.2, 0.25) is 0 Å². The zero-order valence-electron chi connectivity index (χ0n) is 12.0. The molecule has 4 heteroatoms. The molecule has 0 bridgehead atoms. The van der Waals surface area contributed by atoms with Crippen molar-refractivity contribution < 1.29 is 14.7 Å². The summed E-state index contributed by atoms with van der Waals surface area (Å²) in [4.78, 5) is 23.7. The van der Waals surface area contributed by atoms with Gasteiger partial charge in [0, 0.05) is 5.69 Å². The second-order valence-corrected chi connectivity index (χ2v) is 5.59. The lowest BCUT2D eigenvalue weighted by molar-refractivity contribution is -0.147. The molecule has 2 rings (SSSR count). The molecule has 1 aliphatic carbocycles. The van der Waals surface area contributed by atoms with Crippen LogP contribution >= 0.6 is 0 Å². The van der Waals surface area contributed by atoms with Crippen LogP contribution in [0.4, 0.5) is 5.69 Å². The third-order valence-corrected chi connectivity index (χ3v) is 4.15. The van der Waals surface area contributed by atoms with Crippen molar-refractivity contribution in [1.82, 2.24) is 0 Å². The van der Waals surface area contributed by atoms with Crippen molar-refractivity contribution in [3.05, 3.63) is 29.3 Å². The summed E-state index contributed by atoms with van der Waals surface area (Å²) < 4.78 is 0. The molecule has 0 radical (unpaired) electrons. The zero-order chi connectivity index (χ0) is 14.7. The van der Waals surface area contributed by atoms with E-state index in [4.69, 9.17) is 0 Å². The monoisotopic (exact) mass is 275 g/mol. The Balaban J connectivity index is 2.16. The van der Waals surface area contributed by atoms with Crippen LogP contribution in [0.5, 0.6) is 0 Å². The Morgan fingerprint density at radius 3 is 2.20 bits per heavy atom. The maximum absolute atomic E-state index is 12.4. The third kappa shape index (κ3) is 3.00. The first-order valence-corrected chi connectivity index (χ1v) is 7.10. The van der Waals surface area contributed by atoms with Gasteiger partial charge in [0.1, 0.15) is 0 Å². The van der Waals surface area contributed by atoms with E-state index >= 15 is 0 Å². The standard InChI is InChI=1S/C16H21NO3/c1-10-6-5-7-11(2)14(10)17-15(18)12-8-3-4-9-13(12)16(19)20/h5-7,12-13H,3-4,8-9H2,1-2H3,(H,17,18)(H,19,20)/t12-,13+/m1/s1. The highest BCUT2D eigenvalue weighted by Crippen LogP contribution is 2.32. The molecular weight excluding hydrogens is 254 g/mol. The molecule has 0 spiro atoms. The maximum Gasteiger partial charge on any atom is 0.307 e. The molecule has 1 fully saturated rings. The van der Waals surface area contributed by atoms with E-state index in [1.807, 2.05) is 32.0 Å². The maximum atomic E-state index is 12.4. The molecule has 2 N–H and O–H groups in total. The predicted molar refractivity (Wildman–Crippen MR) is 77.6 cm³/mol. The number of hydrogen-bond acceptors (Lipinski definition) is 2. The third-order valence-electron chi connectivity index (χ3n) is 4.15. The van der Waals surface area contributed by atoms with Crippen LogP contribution in [-0.4, -0.2) is 17.0 Å². The fourth-order valence-corrected chi connectivity index (χ4v) is 2.97. The molecule has 2 atom stereocenters. The van der Waals surface area contributed by atoms with Gasteiger partial charge >= 0.3 is 5.97 Å². The van der Waals surface area contributed by atoms with Crippen molar-refractivity contribution in [2.24, 2.45) is 11.8 Å². The Morgan fingerprint density at radius 1 is 1.10 bits per heavy atom. The molecule has 1 aliphatic rings. The van der Waals surface area contributed by atoms with Gasteiger partial charge in [0.05, 0.1) is 11.8 Å². The van der Waals surface area contributed by atoms with Crippen LogP contribution in [0.1, 0.15) is 36.8 Å². The second-order valence-electron chi connectivity index (χ2n) is 5.59. The zero-order valence-corrected chi connectivity index (χ0v) is 12.0. The predicted octanol–water partition coefficient (Wildman–Crippen LogP) is 3.13. The number of anilines is 1. The van der Waals surface area contributed by atoms with E-state index in [0.717, 1.165) is 29.7 Å². The minimum atomic E-state index is -0.855. The lowest BCUT2D eigenvalue weighted by Gasteiger charge is -2.28. The molecule has 0 aliphatic heterocycles. The molecular formula is C16H21NO3. The summed E-state index contributed by atoms with van der Waals surface area (Å²) >= 11 is 0. The molecule has 0 saturated heterocycles. The number of aryl methyl sites for hydroxylation is 2. The number of hydrogen-bond donors (Lipinski definition) is 2. The molecule has 0 unspecified atom stereocenters. The lowest BCUT2D eigenvalue weighted by Crippen LogP contribution is -2.36. The lowest BCUT2D eigenvalue weighted by atomic mass is 9.78. The van der Waals surface area contributed by atoms with Crippen molar-refractivity contribution in [1.29, 1.82) is 0 Å². The van der Waals surface area contributed by atoms with Crippen molar-refractivity contribution in [2.45, 2.75) is 39.5 Å². The number of carbonyl (C=O) groups is 2. The molecule has 108 valence electrons. The van der Waals surface area contributed by atoms with E-state index < -0.39 is 17.8 Å². The summed E-state index contributed by atoms with van der Waals surface area (Å²) in [5.41, 5.74) is 2.81. The Bertz CT molecular complexity index is 504. The van der Waals surface area contributed by atoms with Gasteiger partial charge in [-0.1, -0.05) is 31.0 Å². The smallest absolute Gasteiger partial charge is 0.307 e. The average molecular weight is 275 g/mol. The van der Waals surface area contributed by atoms with Crippen LogP contribution in [0.3, 0.4) is 0 Å². The highest BCUT2D eigenvalue weighted by molar-refractivity contribution is 5.96. The summed E-state index contributed by atoms with van der Waals surface area (Å²) in [7, 11) is 0. The van der Waals surface area contributed by atoms with Gasteiger partial charge in [-0.05, 0) is 37.8 Å². The van der Waals surface area contributed by atoms with E-state index in [2.05, 4.69) is 5.32 Å². The number of carbonyl (C=O) groups excluding carboxylic acids is 1. The van der Waals surface area contributed by atoms with Crippen molar-refractivity contribution in [2.75, 3.05) is 5.32 Å². The number of aliphatic carboxylic acids is 1. The van der Waals surface area contributed by atoms with Gasteiger partial charge in [-0.3, -0.25) is 9.59 Å². The number of carboxylic acid groups (broad SMARTS) is 1. The molecule has 20 heavy (non-hydrogen) atoms. The van der Waals surface area contributed by atoms with E-state index in [-0.39, 0.29) is 5.91 Å². The average Bonchev–Trinajstić information content (AvgIpc) is 2.43. The molecule has 1 aromatic carbocycles. The molecule has 4 nitrogen and oxygen atoms in total. The summed E-state index contributed by atoms with van der Waals surface area (Å²) in [6.45, 7) is 3.89. The molecule has 0 aromatic heterocycles. The van der Waals surface area contributed by atoms with Crippen LogP contribution in [-0.2, 0) is 9.59 Å². The normalized spacial score (nSPS) is 22.3. The Kier molecular flexibility index (Phi) is 4.42. The fraction of sp³-hybridized carbons (Fsp3) is 0.500. The number of benzene rings is 1. The van der Waals surface area contributed by atoms with Crippen LogP contribution in [0.25, 0.3) is 0 Å². The van der Waals surface area contributed by atoms with E-state index in [0.29, 0.717) is 12.8 Å².